The molecule has 2 aromatic rings. The Bertz CT molecular complexity index is 677. The zero-order valence-electron chi connectivity index (χ0n) is 9.08. The van der Waals surface area contributed by atoms with Crippen LogP contribution in [-0.4, -0.2) is 37.3 Å². The van der Waals surface area contributed by atoms with Crippen LogP contribution in [0.2, 0.25) is 0 Å². The van der Waals surface area contributed by atoms with Gasteiger partial charge in [-0.3, -0.25) is 9.36 Å². The number of rotatable bonds is 2. The molecule has 0 saturated heterocycles. The molecule has 2 aromatic heterocycles. The van der Waals surface area contributed by atoms with Crippen molar-refractivity contribution in [3.05, 3.63) is 34.9 Å². The first-order valence-electron chi connectivity index (χ1n) is 5.24. The molecule has 0 bridgehead atoms. The van der Waals surface area contributed by atoms with Crippen LogP contribution in [0.25, 0.3) is 11.2 Å². The number of aliphatic hydroxyl groups excluding tert-OH is 1. The topological polar surface area (TPSA) is 93.0 Å². The standard InChI is InChI=1S/C10H9FN4O3/c11-6-1-5(2-16)18-10(6)15-4-14-7-8(15)12-3-13-9(7)17/h1,3-5,10,16H,2H2,(H,12,13,17)/t5-,10+/m1/s1. The van der Waals surface area contributed by atoms with Gasteiger partial charge in [-0.05, 0) is 6.08 Å². The van der Waals surface area contributed by atoms with Gasteiger partial charge in [-0.15, -0.1) is 0 Å². The van der Waals surface area contributed by atoms with E-state index in [0.717, 1.165) is 0 Å². The third kappa shape index (κ3) is 1.54. The molecule has 0 fully saturated rings. The molecule has 0 amide bonds. The van der Waals surface area contributed by atoms with Gasteiger partial charge < -0.3 is 14.8 Å². The molecule has 0 radical (unpaired) electrons. The Labute approximate surface area is 99.6 Å². The first-order chi connectivity index (χ1) is 8.70. The predicted octanol–water partition coefficient (Wildman–Crippen LogP) is -0.137. The molecule has 7 nitrogen and oxygen atoms in total. The highest BCUT2D eigenvalue weighted by Gasteiger charge is 2.30. The lowest BCUT2D eigenvalue weighted by Gasteiger charge is -2.14. The van der Waals surface area contributed by atoms with E-state index >= 15 is 0 Å². The van der Waals surface area contributed by atoms with Gasteiger partial charge in [-0.1, -0.05) is 0 Å². The number of nitrogens with zero attached hydrogens (tertiary/aromatic N) is 3. The Morgan fingerprint density at radius 2 is 2.39 bits per heavy atom. The van der Waals surface area contributed by atoms with Crippen molar-refractivity contribution in [2.24, 2.45) is 0 Å². The summed E-state index contributed by atoms with van der Waals surface area (Å²) in [5, 5.41) is 8.92. The average molecular weight is 252 g/mol. The number of ether oxygens (including phenoxy) is 1. The van der Waals surface area contributed by atoms with E-state index in [2.05, 4.69) is 15.0 Å². The van der Waals surface area contributed by atoms with Crippen LogP contribution in [0.15, 0.2) is 29.4 Å². The highest BCUT2D eigenvalue weighted by atomic mass is 19.1. The molecule has 2 N–H and O–H groups in total. The minimum absolute atomic E-state index is 0.112. The number of hydrogen-bond acceptors (Lipinski definition) is 5. The first-order valence-corrected chi connectivity index (χ1v) is 5.24. The van der Waals surface area contributed by atoms with Gasteiger partial charge in [-0.25, -0.2) is 14.4 Å². The lowest BCUT2D eigenvalue weighted by molar-refractivity contribution is -0.0174. The fraction of sp³-hybridized carbons (Fsp3) is 0.300. The maximum absolute atomic E-state index is 13.7. The molecule has 0 spiro atoms. The number of halogens is 1. The van der Waals surface area contributed by atoms with Gasteiger partial charge in [0, 0.05) is 0 Å². The van der Waals surface area contributed by atoms with Gasteiger partial charge in [0.25, 0.3) is 5.56 Å². The summed E-state index contributed by atoms with van der Waals surface area (Å²) in [7, 11) is 0. The summed E-state index contributed by atoms with van der Waals surface area (Å²) in [5.74, 6) is -0.546. The molecular weight excluding hydrogens is 243 g/mol. The van der Waals surface area contributed by atoms with Gasteiger partial charge in [0.1, 0.15) is 11.9 Å². The molecule has 8 heteroatoms. The Kier molecular flexibility index (Phi) is 2.46. The van der Waals surface area contributed by atoms with Crippen LogP contribution in [0, 0.1) is 0 Å². The zero-order chi connectivity index (χ0) is 12.7. The average Bonchev–Trinajstić information content (AvgIpc) is 2.93. The molecule has 18 heavy (non-hydrogen) atoms. The molecule has 0 saturated carbocycles. The van der Waals surface area contributed by atoms with Crippen LogP contribution in [0.5, 0.6) is 0 Å². The van der Waals surface area contributed by atoms with E-state index in [1.807, 2.05) is 0 Å². The summed E-state index contributed by atoms with van der Waals surface area (Å²) in [6, 6.07) is 0. The fourth-order valence-electron chi connectivity index (χ4n) is 1.86. The highest BCUT2D eigenvalue weighted by molar-refractivity contribution is 5.69. The van der Waals surface area contributed by atoms with Crippen molar-refractivity contribution in [1.29, 1.82) is 0 Å². The monoisotopic (exact) mass is 252 g/mol. The number of aromatic amines is 1. The van der Waals surface area contributed by atoms with E-state index in [-0.39, 0.29) is 17.8 Å². The molecule has 3 rings (SSSR count). The summed E-state index contributed by atoms with van der Waals surface area (Å²) in [5.41, 5.74) is -0.0629. The van der Waals surface area contributed by atoms with E-state index in [4.69, 9.17) is 9.84 Å². The number of H-pyrrole nitrogens is 1. The maximum atomic E-state index is 13.7. The Hall–Kier alpha value is -2.06. The third-order valence-electron chi connectivity index (χ3n) is 2.68. The molecule has 0 aromatic carbocycles. The third-order valence-corrected chi connectivity index (χ3v) is 2.68. The largest absolute Gasteiger partial charge is 0.393 e. The Morgan fingerprint density at radius 1 is 1.56 bits per heavy atom. The van der Waals surface area contributed by atoms with Crippen molar-refractivity contribution in [1.82, 2.24) is 19.5 Å². The number of aliphatic hydroxyl groups is 1. The van der Waals surface area contributed by atoms with E-state index in [1.54, 1.807) is 0 Å². The number of fused-ring (bicyclic) bond motifs is 1. The van der Waals surface area contributed by atoms with Crippen LogP contribution >= 0.6 is 0 Å². The van der Waals surface area contributed by atoms with Crippen molar-refractivity contribution in [3.8, 4) is 0 Å². The smallest absolute Gasteiger partial charge is 0.278 e. The zero-order valence-corrected chi connectivity index (χ0v) is 9.08. The summed E-state index contributed by atoms with van der Waals surface area (Å²) in [6.45, 7) is -0.315. The summed E-state index contributed by atoms with van der Waals surface area (Å²) < 4.78 is 20.3. The molecule has 0 aliphatic carbocycles. The molecule has 94 valence electrons. The van der Waals surface area contributed by atoms with Gasteiger partial charge in [-0.2, -0.15) is 0 Å². The van der Waals surface area contributed by atoms with Gasteiger partial charge in [0.05, 0.1) is 19.3 Å². The second kappa shape index (κ2) is 4.00. The lowest BCUT2D eigenvalue weighted by atomic mass is 10.3. The van der Waals surface area contributed by atoms with Crippen molar-refractivity contribution in [2.75, 3.05) is 6.61 Å². The Balaban J connectivity index is 2.09. The minimum Gasteiger partial charge on any atom is -0.393 e. The second-order valence-electron chi connectivity index (χ2n) is 3.82. The first kappa shape index (κ1) is 11.1. The number of nitrogens with one attached hydrogen (secondary N) is 1. The summed E-state index contributed by atoms with van der Waals surface area (Å²) in [4.78, 5) is 21.6. The quantitative estimate of drug-likeness (QED) is 0.776. The van der Waals surface area contributed by atoms with Crippen LogP contribution in [0.4, 0.5) is 4.39 Å². The van der Waals surface area contributed by atoms with Gasteiger partial charge >= 0.3 is 0 Å². The second-order valence-corrected chi connectivity index (χ2v) is 3.82. The van der Waals surface area contributed by atoms with E-state index in [0.29, 0.717) is 0 Å². The van der Waals surface area contributed by atoms with Gasteiger partial charge in [0.15, 0.2) is 17.4 Å². The molecule has 2 atom stereocenters. The number of aromatic nitrogens is 4. The summed E-state index contributed by atoms with van der Waals surface area (Å²) in [6.07, 6.45) is 1.94. The van der Waals surface area contributed by atoms with E-state index < -0.39 is 23.7 Å². The van der Waals surface area contributed by atoms with Crippen LogP contribution in [0.1, 0.15) is 6.23 Å². The van der Waals surface area contributed by atoms with E-state index in [9.17, 15) is 9.18 Å². The Morgan fingerprint density at radius 3 is 3.11 bits per heavy atom. The van der Waals surface area contributed by atoms with Crippen LogP contribution in [-0.2, 0) is 4.74 Å². The minimum atomic E-state index is -1.04. The van der Waals surface area contributed by atoms with Crippen molar-refractivity contribution >= 4 is 11.2 Å². The number of hydrogen-bond donors (Lipinski definition) is 2. The van der Waals surface area contributed by atoms with Gasteiger partial charge in [0.2, 0.25) is 0 Å². The van der Waals surface area contributed by atoms with Crippen LogP contribution in [0.3, 0.4) is 0 Å². The van der Waals surface area contributed by atoms with Crippen molar-refractivity contribution < 1.29 is 14.2 Å². The SMILES string of the molecule is O=c1[nH]cnc2c1ncn2[C@H]1O[C@@H](CO)C=C1F. The number of imidazole rings is 1. The molecular formula is C10H9FN4O3. The normalized spacial score (nSPS) is 23.6. The lowest BCUT2D eigenvalue weighted by Crippen LogP contribution is -2.16. The van der Waals surface area contributed by atoms with E-state index in [1.165, 1.54) is 23.3 Å². The molecule has 3 heterocycles. The predicted molar refractivity (Wildman–Crippen MR) is 58.3 cm³/mol. The van der Waals surface area contributed by atoms with Crippen LogP contribution < -0.4 is 5.56 Å². The molecule has 1 aliphatic rings. The molecule has 1 aliphatic heterocycles. The maximum Gasteiger partial charge on any atom is 0.278 e. The highest BCUT2D eigenvalue weighted by Crippen LogP contribution is 2.31. The molecule has 0 unspecified atom stereocenters. The fourth-order valence-corrected chi connectivity index (χ4v) is 1.86. The van der Waals surface area contributed by atoms with Crippen molar-refractivity contribution in [2.45, 2.75) is 12.3 Å². The van der Waals surface area contributed by atoms with Crippen molar-refractivity contribution in [3.63, 3.8) is 0 Å². The summed E-state index contributed by atoms with van der Waals surface area (Å²) >= 11 is 0.